The molecule has 2 aliphatic rings. The molecule has 2 rings (SSSR count). The van der Waals surface area contributed by atoms with E-state index >= 15 is 0 Å². The van der Waals surface area contributed by atoms with Gasteiger partial charge in [-0.15, -0.1) is 0 Å². The minimum atomic E-state index is -1.23. The van der Waals surface area contributed by atoms with Crippen molar-refractivity contribution >= 4 is 17.9 Å². The SMILES string of the molecule is COC(=O)C[C@H](N)C(=O)OC(=O)[C@@H](N)C[C@H]1CC2CCC1C2(C)C. The number of rotatable bonds is 6. The van der Waals surface area contributed by atoms with Crippen LogP contribution < -0.4 is 11.5 Å². The summed E-state index contributed by atoms with van der Waals surface area (Å²) in [6.07, 6.45) is 3.68. The van der Waals surface area contributed by atoms with E-state index in [9.17, 15) is 14.4 Å². The lowest BCUT2D eigenvalue weighted by atomic mass is 9.78. The summed E-state index contributed by atoms with van der Waals surface area (Å²) < 4.78 is 9.15. The highest BCUT2D eigenvalue weighted by molar-refractivity contribution is 5.92. The predicted molar refractivity (Wildman–Crippen MR) is 86.4 cm³/mol. The maximum atomic E-state index is 12.0. The molecule has 0 amide bonds. The van der Waals surface area contributed by atoms with Crippen LogP contribution >= 0.6 is 0 Å². The van der Waals surface area contributed by atoms with Crippen LogP contribution in [-0.4, -0.2) is 37.1 Å². The summed E-state index contributed by atoms with van der Waals surface area (Å²) in [5.74, 6) is -0.722. The molecule has 0 saturated heterocycles. The second-order valence-corrected chi connectivity index (χ2v) is 7.67. The van der Waals surface area contributed by atoms with Gasteiger partial charge in [0, 0.05) is 0 Å². The van der Waals surface area contributed by atoms with Gasteiger partial charge in [0.15, 0.2) is 0 Å². The van der Waals surface area contributed by atoms with Crippen molar-refractivity contribution in [2.75, 3.05) is 7.11 Å². The molecular weight excluding hydrogens is 312 g/mol. The molecule has 0 aromatic rings. The van der Waals surface area contributed by atoms with Gasteiger partial charge in [-0.2, -0.15) is 0 Å². The molecule has 5 atom stereocenters. The summed E-state index contributed by atoms with van der Waals surface area (Å²) in [7, 11) is 1.19. The van der Waals surface area contributed by atoms with E-state index < -0.39 is 30.0 Å². The van der Waals surface area contributed by atoms with Gasteiger partial charge in [-0.3, -0.25) is 4.79 Å². The third kappa shape index (κ3) is 3.78. The van der Waals surface area contributed by atoms with E-state index in [1.54, 1.807) is 0 Å². The van der Waals surface area contributed by atoms with Crippen molar-refractivity contribution in [3.8, 4) is 0 Å². The van der Waals surface area contributed by atoms with Crippen LogP contribution in [0.1, 0.15) is 46.0 Å². The predicted octanol–water partition coefficient (Wildman–Crippen LogP) is 0.736. The maximum Gasteiger partial charge on any atom is 0.331 e. The second-order valence-electron chi connectivity index (χ2n) is 7.67. The van der Waals surface area contributed by atoms with Crippen molar-refractivity contribution in [2.45, 2.75) is 58.0 Å². The van der Waals surface area contributed by atoms with Gasteiger partial charge in [-0.1, -0.05) is 13.8 Å². The van der Waals surface area contributed by atoms with Gasteiger partial charge in [0.05, 0.1) is 13.5 Å². The number of nitrogens with two attached hydrogens (primary N) is 2. The Hall–Kier alpha value is -1.47. The lowest BCUT2D eigenvalue weighted by Crippen LogP contribution is -2.41. The molecule has 0 aliphatic heterocycles. The number of carbonyl (C=O) groups is 3. The summed E-state index contributed by atoms with van der Waals surface area (Å²) in [5, 5.41) is 0. The molecule has 2 unspecified atom stereocenters. The lowest BCUT2D eigenvalue weighted by Gasteiger charge is -2.27. The Morgan fingerprint density at radius 2 is 1.75 bits per heavy atom. The Kier molecular flexibility index (Phi) is 5.65. The van der Waals surface area contributed by atoms with Gasteiger partial charge in [0.1, 0.15) is 12.1 Å². The molecule has 0 aromatic carbocycles. The molecule has 0 spiro atoms. The van der Waals surface area contributed by atoms with Crippen LogP contribution in [0.3, 0.4) is 0 Å². The quantitative estimate of drug-likeness (QED) is 0.540. The average Bonchev–Trinajstić information content (AvgIpc) is 2.93. The summed E-state index contributed by atoms with van der Waals surface area (Å²) in [4.78, 5) is 34.9. The van der Waals surface area contributed by atoms with Gasteiger partial charge in [-0.25, -0.2) is 9.59 Å². The molecule has 2 aliphatic carbocycles. The second kappa shape index (κ2) is 7.19. The van der Waals surface area contributed by atoms with Crippen molar-refractivity contribution in [3.63, 3.8) is 0 Å². The van der Waals surface area contributed by atoms with Crippen LogP contribution in [0.15, 0.2) is 0 Å². The monoisotopic (exact) mass is 340 g/mol. The molecular formula is C17H28N2O5. The van der Waals surface area contributed by atoms with E-state index in [4.69, 9.17) is 16.2 Å². The summed E-state index contributed by atoms with van der Waals surface area (Å²) in [6, 6.07) is -2.07. The molecule has 0 aromatic heterocycles. The van der Waals surface area contributed by atoms with Crippen LogP contribution in [0.5, 0.6) is 0 Å². The minimum absolute atomic E-state index is 0.299. The highest BCUT2D eigenvalue weighted by Gasteiger charge is 2.53. The van der Waals surface area contributed by atoms with Gasteiger partial charge < -0.3 is 20.9 Å². The lowest BCUT2D eigenvalue weighted by molar-refractivity contribution is -0.163. The molecule has 4 N–H and O–H groups in total. The Morgan fingerprint density at radius 3 is 2.25 bits per heavy atom. The zero-order valence-corrected chi connectivity index (χ0v) is 14.6. The normalized spacial score (nSPS) is 29.8. The molecule has 2 fully saturated rings. The van der Waals surface area contributed by atoms with Crippen LogP contribution in [0.4, 0.5) is 0 Å². The van der Waals surface area contributed by atoms with E-state index in [1.165, 1.54) is 20.0 Å². The number of carbonyl (C=O) groups excluding carboxylic acids is 3. The Morgan fingerprint density at radius 1 is 1.12 bits per heavy atom. The fourth-order valence-electron chi connectivity index (χ4n) is 4.50. The van der Waals surface area contributed by atoms with E-state index in [1.807, 2.05) is 0 Å². The number of methoxy groups -OCH3 is 1. The highest BCUT2D eigenvalue weighted by atomic mass is 16.6. The molecule has 7 heteroatoms. The van der Waals surface area contributed by atoms with E-state index in [0.29, 0.717) is 29.6 Å². The third-order valence-electron chi connectivity index (χ3n) is 5.97. The van der Waals surface area contributed by atoms with Gasteiger partial charge in [-0.05, 0) is 48.9 Å². The smallest absolute Gasteiger partial charge is 0.331 e. The van der Waals surface area contributed by atoms with Crippen LogP contribution in [0.2, 0.25) is 0 Å². The maximum absolute atomic E-state index is 12.0. The first kappa shape index (κ1) is 18.9. The van der Waals surface area contributed by atoms with Gasteiger partial charge in [0.25, 0.3) is 0 Å². The van der Waals surface area contributed by atoms with Crippen LogP contribution in [-0.2, 0) is 23.9 Å². The summed E-state index contributed by atoms with van der Waals surface area (Å²) in [5.41, 5.74) is 11.8. The van der Waals surface area contributed by atoms with E-state index in [0.717, 1.165) is 6.42 Å². The zero-order valence-electron chi connectivity index (χ0n) is 14.6. The number of hydrogen-bond donors (Lipinski definition) is 2. The van der Waals surface area contributed by atoms with E-state index in [-0.39, 0.29) is 6.42 Å². The first-order valence-electron chi connectivity index (χ1n) is 8.50. The fraction of sp³-hybridized carbons (Fsp3) is 0.824. The average molecular weight is 340 g/mol. The fourth-order valence-corrected chi connectivity index (χ4v) is 4.50. The van der Waals surface area contributed by atoms with Crippen molar-refractivity contribution in [3.05, 3.63) is 0 Å². The molecule has 2 bridgehead atoms. The van der Waals surface area contributed by atoms with Gasteiger partial charge in [0.2, 0.25) is 0 Å². The standard InChI is InChI=1S/C17H28N2O5/c1-17(2)10-4-5-11(17)9(6-10)7-12(18)15(21)24-16(22)13(19)8-14(20)23-3/h9-13H,4-8,18-19H2,1-3H3/t9-,10?,11?,12+,13+/m1/s1. The zero-order chi connectivity index (χ0) is 18.1. The molecule has 2 saturated carbocycles. The first-order valence-corrected chi connectivity index (χ1v) is 8.50. The van der Waals surface area contributed by atoms with Crippen molar-refractivity contribution in [1.82, 2.24) is 0 Å². The largest absolute Gasteiger partial charge is 0.469 e. The van der Waals surface area contributed by atoms with Crippen LogP contribution in [0, 0.1) is 23.2 Å². The van der Waals surface area contributed by atoms with E-state index in [2.05, 4.69) is 18.6 Å². The third-order valence-corrected chi connectivity index (χ3v) is 5.97. The first-order chi connectivity index (χ1) is 11.2. The van der Waals surface area contributed by atoms with Crippen molar-refractivity contribution < 1.29 is 23.9 Å². The van der Waals surface area contributed by atoms with Crippen molar-refractivity contribution in [1.29, 1.82) is 0 Å². The number of fused-ring (bicyclic) bond motifs is 2. The number of hydrogen-bond acceptors (Lipinski definition) is 7. The Balaban J connectivity index is 1.83. The molecule has 0 radical (unpaired) electrons. The summed E-state index contributed by atoms with van der Waals surface area (Å²) >= 11 is 0. The molecule has 24 heavy (non-hydrogen) atoms. The molecule has 136 valence electrons. The van der Waals surface area contributed by atoms with Crippen molar-refractivity contribution in [2.24, 2.45) is 34.6 Å². The topological polar surface area (TPSA) is 122 Å². The minimum Gasteiger partial charge on any atom is -0.469 e. The van der Waals surface area contributed by atoms with Crippen LogP contribution in [0.25, 0.3) is 0 Å². The molecule has 7 nitrogen and oxygen atoms in total. The van der Waals surface area contributed by atoms with Gasteiger partial charge >= 0.3 is 17.9 Å². The summed E-state index contributed by atoms with van der Waals surface area (Å²) in [6.45, 7) is 4.57. The molecule has 0 heterocycles. The number of esters is 3. The Labute approximate surface area is 142 Å². The Bertz CT molecular complexity index is 519. The number of ether oxygens (including phenoxy) is 2. The highest BCUT2D eigenvalue weighted by Crippen LogP contribution is 2.61.